The quantitative estimate of drug-likeness (QED) is 0.118. The van der Waals surface area contributed by atoms with Crippen molar-refractivity contribution in [2.75, 3.05) is 0 Å². The zero-order valence-electron chi connectivity index (χ0n) is 17.4. The fraction of sp³-hybridized carbons (Fsp3) is 0.696. The molecule has 0 bridgehead atoms. The molecule has 0 aromatic heterocycles. The molecule has 0 saturated heterocycles. The van der Waals surface area contributed by atoms with Gasteiger partial charge in [-0.15, -0.1) is 0 Å². The molecule has 4 heteroatoms. The SMILES string of the molecule is CCCCCCCCc1cccc(SC(N)=S)c1CCCCCCCC.[Mo]. The first-order valence-electron chi connectivity index (χ1n) is 10.8. The molecule has 0 amide bonds. The molecule has 1 aromatic carbocycles. The molecule has 154 valence electrons. The van der Waals surface area contributed by atoms with Gasteiger partial charge in [-0.25, -0.2) is 0 Å². The molecule has 0 unspecified atom stereocenters. The number of thiocarbonyl (C=S) groups is 1. The number of rotatable bonds is 15. The van der Waals surface area contributed by atoms with Gasteiger partial charge in [0.2, 0.25) is 0 Å². The van der Waals surface area contributed by atoms with Gasteiger partial charge in [0, 0.05) is 26.0 Å². The summed E-state index contributed by atoms with van der Waals surface area (Å²) in [6, 6.07) is 6.70. The summed E-state index contributed by atoms with van der Waals surface area (Å²) in [5, 5.41) is 0. The van der Waals surface area contributed by atoms with Crippen molar-refractivity contribution in [2.24, 2.45) is 5.73 Å². The van der Waals surface area contributed by atoms with Crippen LogP contribution in [0, 0.1) is 0 Å². The van der Waals surface area contributed by atoms with Crippen LogP contribution in [0.5, 0.6) is 0 Å². The normalized spacial score (nSPS) is 10.6. The Morgan fingerprint density at radius 2 is 1.33 bits per heavy atom. The molecule has 1 aromatic rings. The number of hydrogen-bond donors (Lipinski definition) is 1. The maximum absolute atomic E-state index is 5.82. The minimum absolute atomic E-state index is 0. The van der Waals surface area contributed by atoms with Gasteiger partial charge in [0.05, 0.1) is 0 Å². The summed E-state index contributed by atoms with van der Waals surface area (Å²) in [4.78, 5) is 1.29. The van der Waals surface area contributed by atoms with Crippen LogP contribution in [0.3, 0.4) is 0 Å². The second kappa shape index (κ2) is 18.2. The van der Waals surface area contributed by atoms with E-state index in [-0.39, 0.29) is 21.1 Å². The van der Waals surface area contributed by atoms with Gasteiger partial charge < -0.3 is 5.73 Å². The summed E-state index contributed by atoms with van der Waals surface area (Å²) >= 11 is 6.72. The number of aryl methyl sites for hydroxylation is 1. The molecule has 1 rings (SSSR count). The molecule has 0 saturated carbocycles. The van der Waals surface area contributed by atoms with Gasteiger partial charge in [-0.3, -0.25) is 0 Å². The third kappa shape index (κ3) is 13.1. The Morgan fingerprint density at radius 1 is 0.815 bits per heavy atom. The van der Waals surface area contributed by atoms with E-state index in [1.807, 2.05) is 0 Å². The predicted octanol–water partition coefficient (Wildman–Crippen LogP) is 7.83. The monoisotopic (exact) mass is 491 g/mol. The average Bonchev–Trinajstić information content (AvgIpc) is 2.62. The standard InChI is InChI=1S/C23H39NS2.Mo/c1-3-5-7-9-11-13-16-20-17-15-19-22(26-23(24)25)21(20)18-14-12-10-8-6-4-2;/h15,17,19H,3-14,16,18H2,1-2H3,(H2,24,25);. The van der Waals surface area contributed by atoms with Crippen LogP contribution < -0.4 is 5.73 Å². The molecule has 0 spiro atoms. The number of nitrogens with two attached hydrogens (primary N) is 1. The van der Waals surface area contributed by atoms with Gasteiger partial charge in [-0.1, -0.05) is 114 Å². The molecule has 0 atom stereocenters. The van der Waals surface area contributed by atoms with Crippen molar-refractivity contribution in [2.45, 2.75) is 109 Å². The van der Waals surface area contributed by atoms with Crippen molar-refractivity contribution >= 4 is 28.3 Å². The summed E-state index contributed by atoms with van der Waals surface area (Å²) in [6.45, 7) is 4.55. The van der Waals surface area contributed by atoms with E-state index in [0.29, 0.717) is 4.32 Å². The summed E-state index contributed by atoms with van der Waals surface area (Å²) in [7, 11) is 0. The van der Waals surface area contributed by atoms with Crippen molar-refractivity contribution < 1.29 is 21.1 Å². The zero-order valence-corrected chi connectivity index (χ0v) is 21.1. The van der Waals surface area contributed by atoms with Crippen molar-refractivity contribution in [3.63, 3.8) is 0 Å². The van der Waals surface area contributed by atoms with Crippen molar-refractivity contribution in [3.8, 4) is 0 Å². The maximum Gasteiger partial charge on any atom is 0.136 e. The third-order valence-corrected chi connectivity index (χ3v) is 6.07. The molecule has 0 aliphatic carbocycles. The molecular weight excluding hydrogens is 450 g/mol. The van der Waals surface area contributed by atoms with Crippen molar-refractivity contribution in [1.82, 2.24) is 0 Å². The van der Waals surface area contributed by atoms with Crippen LogP contribution in [0.2, 0.25) is 0 Å². The van der Waals surface area contributed by atoms with E-state index >= 15 is 0 Å². The Labute approximate surface area is 192 Å². The van der Waals surface area contributed by atoms with Crippen LogP contribution in [0.1, 0.15) is 102 Å². The van der Waals surface area contributed by atoms with Crippen LogP contribution in [-0.2, 0) is 33.9 Å². The van der Waals surface area contributed by atoms with Gasteiger partial charge in [-0.05, 0) is 42.9 Å². The molecule has 1 nitrogen and oxygen atoms in total. The smallest absolute Gasteiger partial charge is 0.136 e. The van der Waals surface area contributed by atoms with E-state index in [0.717, 1.165) is 0 Å². The second-order valence-electron chi connectivity index (χ2n) is 7.35. The van der Waals surface area contributed by atoms with Gasteiger partial charge in [0.25, 0.3) is 0 Å². The zero-order chi connectivity index (χ0) is 19.0. The number of thioether (sulfide) groups is 1. The van der Waals surface area contributed by atoms with Crippen LogP contribution in [0.15, 0.2) is 23.1 Å². The number of hydrogen-bond acceptors (Lipinski definition) is 2. The summed E-state index contributed by atoms with van der Waals surface area (Å²) in [5.41, 5.74) is 8.85. The van der Waals surface area contributed by atoms with E-state index in [1.165, 1.54) is 106 Å². The summed E-state index contributed by atoms with van der Waals surface area (Å²) in [6.07, 6.45) is 18.5. The topological polar surface area (TPSA) is 26.0 Å². The Bertz CT molecular complexity index is 505. The molecule has 0 aliphatic heterocycles. The Morgan fingerprint density at radius 3 is 1.89 bits per heavy atom. The summed E-state index contributed by atoms with van der Waals surface area (Å²) < 4.78 is 0.533. The first kappa shape index (κ1) is 27.1. The van der Waals surface area contributed by atoms with Gasteiger partial charge in [0.15, 0.2) is 0 Å². The molecule has 0 fully saturated rings. The van der Waals surface area contributed by atoms with Crippen LogP contribution in [-0.4, -0.2) is 4.32 Å². The summed E-state index contributed by atoms with van der Waals surface area (Å²) in [5.74, 6) is 0. The van der Waals surface area contributed by atoms with Crippen LogP contribution >= 0.6 is 24.0 Å². The molecule has 0 aliphatic rings. The minimum atomic E-state index is 0. The molecule has 27 heavy (non-hydrogen) atoms. The van der Waals surface area contributed by atoms with E-state index in [4.69, 9.17) is 18.0 Å². The molecule has 0 radical (unpaired) electrons. The Kier molecular flexibility index (Phi) is 18.3. The fourth-order valence-electron chi connectivity index (χ4n) is 3.51. The second-order valence-corrected chi connectivity index (χ2v) is 9.13. The Hall–Kier alpha value is 0.148. The number of benzene rings is 1. The largest absolute Gasteiger partial charge is 0.384 e. The van der Waals surface area contributed by atoms with Gasteiger partial charge in [0.1, 0.15) is 4.32 Å². The van der Waals surface area contributed by atoms with Crippen molar-refractivity contribution in [1.29, 1.82) is 0 Å². The van der Waals surface area contributed by atoms with E-state index in [1.54, 1.807) is 11.8 Å². The first-order chi connectivity index (χ1) is 12.7. The van der Waals surface area contributed by atoms with Gasteiger partial charge in [-0.2, -0.15) is 0 Å². The fourth-order valence-corrected chi connectivity index (χ4v) is 4.50. The predicted molar refractivity (Wildman–Crippen MR) is 123 cm³/mol. The average molecular weight is 490 g/mol. The van der Waals surface area contributed by atoms with Gasteiger partial charge >= 0.3 is 0 Å². The third-order valence-electron chi connectivity index (χ3n) is 5.02. The van der Waals surface area contributed by atoms with E-state index in [2.05, 4.69) is 32.0 Å². The number of unbranched alkanes of at least 4 members (excludes halogenated alkanes) is 10. The minimum Gasteiger partial charge on any atom is -0.384 e. The van der Waals surface area contributed by atoms with Crippen LogP contribution in [0.25, 0.3) is 0 Å². The maximum atomic E-state index is 5.82. The van der Waals surface area contributed by atoms with E-state index in [9.17, 15) is 0 Å². The van der Waals surface area contributed by atoms with Crippen molar-refractivity contribution in [3.05, 3.63) is 29.3 Å². The molecule has 2 N–H and O–H groups in total. The Balaban J connectivity index is 0.00000676. The van der Waals surface area contributed by atoms with E-state index < -0.39 is 0 Å². The van der Waals surface area contributed by atoms with Crippen LogP contribution in [0.4, 0.5) is 0 Å². The molecular formula is C23H39MoNS2. The first-order valence-corrected chi connectivity index (χ1v) is 12.0. The molecule has 0 heterocycles.